The van der Waals surface area contributed by atoms with E-state index in [4.69, 9.17) is 4.74 Å². The van der Waals surface area contributed by atoms with Gasteiger partial charge in [-0.05, 0) is 40.7 Å². The predicted molar refractivity (Wildman–Crippen MR) is 102 cm³/mol. The number of carbonyl (C=O) groups excluding carboxylic acids is 1. The summed E-state index contributed by atoms with van der Waals surface area (Å²) in [5.74, 6) is 1.51. The molecule has 0 aromatic carbocycles. The first-order chi connectivity index (χ1) is 12.3. The monoisotopic (exact) mass is 364 g/mol. The van der Waals surface area contributed by atoms with Crippen molar-refractivity contribution in [3.63, 3.8) is 0 Å². The Morgan fingerprint density at radius 2 is 1.69 bits per heavy atom. The standard InChI is InChI=1S/C14H20N6O2.2C2H6/c1-9(17-13(21)22-14(3,4)5)11-18-10(2)19-20(11)12-15-7-6-8-16-12;2*1-2/h6-9H,1-5H3,(H,17,21);2*1-2H3/t9-;;/m0../s1. The lowest BCUT2D eigenvalue weighted by Crippen LogP contribution is -2.35. The maximum atomic E-state index is 11.9. The minimum absolute atomic E-state index is 0.399. The fraction of sp³-hybridized carbons (Fsp3) is 0.611. The zero-order chi connectivity index (χ0) is 20.3. The van der Waals surface area contributed by atoms with Crippen LogP contribution < -0.4 is 5.32 Å². The van der Waals surface area contributed by atoms with Crippen molar-refractivity contribution in [2.75, 3.05) is 0 Å². The molecule has 0 saturated heterocycles. The molecular weight excluding hydrogens is 332 g/mol. The highest BCUT2D eigenvalue weighted by Crippen LogP contribution is 2.14. The van der Waals surface area contributed by atoms with E-state index < -0.39 is 17.7 Å². The smallest absolute Gasteiger partial charge is 0.408 e. The fourth-order valence-corrected chi connectivity index (χ4v) is 1.81. The van der Waals surface area contributed by atoms with E-state index in [0.717, 1.165) is 0 Å². The molecule has 8 heteroatoms. The molecule has 0 bridgehead atoms. The summed E-state index contributed by atoms with van der Waals surface area (Å²) in [6, 6.07) is 1.31. The van der Waals surface area contributed by atoms with Crippen LogP contribution in [-0.4, -0.2) is 36.4 Å². The molecule has 2 heterocycles. The molecule has 0 fully saturated rings. The summed E-state index contributed by atoms with van der Waals surface area (Å²) >= 11 is 0. The van der Waals surface area contributed by atoms with Crippen molar-refractivity contribution in [3.8, 4) is 5.95 Å². The van der Waals surface area contributed by atoms with Gasteiger partial charge in [-0.1, -0.05) is 27.7 Å². The Balaban J connectivity index is 0.00000146. The number of aromatic nitrogens is 5. The van der Waals surface area contributed by atoms with Crippen molar-refractivity contribution in [2.24, 2.45) is 0 Å². The molecule has 0 spiro atoms. The summed E-state index contributed by atoms with van der Waals surface area (Å²) < 4.78 is 6.75. The van der Waals surface area contributed by atoms with Gasteiger partial charge in [-0.25, -0.2) is 19.7 Å². The van der Waals surface area contributed by atoms with Gasteiger partial charge in [-0.15, -0.1) is 5.10 Å². The average molecular weight is 364 g/mol. The maximum absolute atomic E-state index is 11.9. The van der Waals surface area contributed by atoms with E-state index in [1.54, 1.807) is 32.3 Å². The summed E-state index contributed by atoms with van der Waals surface area (Å²) in [6.45, 7) is 17.0. The van der Waals surface area contributed by atoms with E-state index in [0.29, 0.717) is 17.6 Å². The summed E-state index contributed by atoms with van der Waals surface area (Å²) in [6.07, 6.45) is 2.73. The van der Waals surface area contributed by atoms with Gasteiger partial charge in [0, 0.05) is 12.4 Å². The molecular formula is C18H32N6O2. The van der Waals surface area contributed by atoms with Crippen LogP contribution >= 0.6 is 0 Å². The number of carbonyl (C=O) groups is 1. The van der Waals surface area contributed by atoms with Crippen LogP contribution in [0.3, 0.4) is 0 Å². The molecule has 1 amide bonds. The molecule has 0 unspecified atom stereocenters. The molecule has 2 aromatic rings. The number of rotatable bonds is 3. The van der Waals surface area contributed by atoms with Crippen LogP contribution in [0.5, 0.6) is 0 Å². The minimum Gasteiger partial charge on any atom is -0.444 e. The van der Waals surface area contributed by atoms with Gasteiger partial charge in [0.2, 0.25) is 0 Å². The third-order valence-electron chi connectivity index (χ3n) is 2.60. The van der Waals surface area contributed by atoms with E-state index in [-0.39, 0.29) is 0 Å². The van der Waals surface area contributed by atoms with Gasteiger partial charge >= 0.3 is 6.09 Å². The van der Waals surface area contributed by atoms with E-state index in [9.17, 15) is 4.79 Å². The lowest BCUT2D eigenvalue weighted by atomic mass is 10.2. The number of amides is 1. The third kappa shape index (κ3) is 7.58. The summed E-state index contributed by atoms with van der Waals surface area (Å²) in [5, 5.41) is 7.01. The summed E-state index contributed by atoms with van der Waals surface area (Å²) in [7, 11) is 0. The first-order valence-electron chi connectivity index (χ1n) is 8.97. The van der Waals surface area contributed by atoms with E-state index in [2.05, 4.69) is 25.4 Å². The van der Waals surface area contributed by atoms with Crippen molar-refractivity contribution < 1.29 is 9.53 Å². The molecule has 26 heavy (non-hydrogen) atoms. The maximum Gasteiger partial charge on any atom is 0.408 e. The van der Waals surface area contributed by atoms with Gasteiger partial charge in [-0.3, -0.25) is 0 Å². The highest BCUT2D eigenvalue weighted by Gasteiger charge is 2.22. The second-order valence-electron chi connectivity index (χ2n) is 5.85. The largest absolute Gasteiger partial charge is 0.444 e. The van der Waals surface area contributed by atoms with Crippen LogP contribution in [0.1, 0.15) is 73.1 Å². The van der Waals surface area contributed by atoms with Gasteiger partial charge < -0.3 is 10.1 Å². The van der Waals surface area contributed by atoms with Crippen molar-refractivity contribution in [2.45, 2.75) is 74.0 Å². The van der Waals surface area contributed by atoms with Gasteiger partial charge in [0.05, 0.1) is 6.04 Å². The number of hydrogen-bond donors (Lipinski definition) is 1. The Morgan fingerprint density at radius 1 is 1.15 bits per heavy atom. The second-order valence-corrected chi connectivity index (χ2v) is 5.85. The van der Waals surface area contributed by atoms with Gasteiger partial charge in [0.15, 0.2) is 5.82 Å². The van der Waals surface area contributed by atoms with Crippen molar-refractivity contribution in [3.05, 3.63) is 30.1 Å². The second kappa shape index (κ2) is 11.2. The molecule has 0 aliphatic carbocycles. The molecule has 8 nitrogen and oxygen atoms in total. The first-order valence-corrected chi connectivity index (χ1v) is 8.97. The van der Waals surface area contributed by atoms with E-state index in [1.165, 1.54) is 4.68 Å². The summed E-state index contributed by atoms with van der Waals surface area (Å²) in [5.41, 5.74) is -0.560. The molecule has 2 rings (SSSR count). The number of nitrogens with zero attached hydrogens (tertiary/aromatic N) is 5. The van der Waals surface area contributed by atoms with Gasteiger partial charge in [0.25, 0.3) is 5.95 Å². The van der Waals surface area contributed by atoms with E-state index >= 15 is 0 Å². The quantitative estimate of drug-likeness (QED) is 0.884. The van der Waals surface area contributed by atoms with Crippen LogP contribution in [0.2, 0.25) is 0 Å². The fourth-order valence-electron chi connectivity index (χ4n) is 1.81. The van der Waals surface area contributed by atoms with Crippen molar-refractivity contribution in [1.82, 2.24) is 30.0 Å². The number of ether oxygens (including phenoxy) is 1. The summed E-state index contributed by atoms with van der Waals surface area (Å²) in [4.78, 5) is 24.5. The Morgan fingerprint density at radius 3 is 2.19 bits per heavy atom. The zero-order valence-corrected chi connectivity index (χ0v) is 17.4. The van der Waals surface area contributed by atoms with Crippen LogP contribution in [0.4, 0.5) is 4.79 Å². The molecule has 0 aliphatic rings. The zero-order valence-electron chi connectivity index (χ0n) is 17.4. The molecule has 0 radical (unpaired) electrons. The molecule has 0 aliphatic heterocycles. The molecule has 1 N–H and O–H groups in total. The highest BCUT2D eigenvalue weighted by molar-refractivity contribution is 5.68. The average Bonchev–Trinajstić information content (AvgIpc) is 2.99. The van der Waals surface area contributed by atoms with Crippen LogP contribution in [0.15, 0.2) is 18.5 Å². The topological polar surface area (TPSA) is 94.8 Å². The van der Waals surface area contributed by atoms with Crippen LogP contribution in [-0.2, 0) is 4.74 Å². The lowest BCUT2D eigenvalue weighted by Gasteiger charge is -2.21. The SMILES string of the molecule is CC.CC.Cc1nc([C@H](C)NC(=O)OC(C)(C)C)n(-c2ncccn2)n1. The lowest BCUT2D eigenvalue weighted by molar-refractivity contribution is 0.0505. The Labute approximate surface area is 156 Å². The molecule has 146 valence electrons. The number of alkyl carbamates (subject to hydrolysis) is 1. The number of aryl methyl sites for hydroxylation is 1. The van der Waals surface area contributed by atoms with Crippen LogP contribution in [0.25, 0.3) is 5.95 Å². The number of hydrogen-bond acceptors (Lipinski definition) is 6. The van der Waals surface area contributed by atoms with Crippen LogP contribution in [0, 0.1) is 6.92 Å². The Bertz CT molecular complexity index is 649. The van der Waals surface area contributed by atoms with E-state index in [1.807, 2.05) is 48.5 Å². The molecule has 0 saturated carbocycles. The van der Waals surface area contributed by atoms with Gasteiger partial charge in [0.1, 0.15) is 11.4 Å². The number of nitrogens with one attached hydrogen (secondary N) is 1. The first kappa shape index (κ1) is 23.5. The highest BCUT2D eigenvalue weighted by atomic mass is 16.6. The van der Waals surface area contributed by atoms with Gasteiger partial charge in [-0.2, -0.15) is 4.68 Å². The molecule has 1 atom stereocenters. The predicted octanol–water partition coefficient (Wildman–Crippen LogP) is 4.00. The van der Waals surface area contributed by atoms with Crippen molar-refractivity contribution >= 4 is 6.09 Å². The minimum atomic E-state index is -0.560. The normalized spacial score (nSPS) is 11.3. The molecule has 2 aromatic heterocycles. The van der Waals surface area contributed by atoms with Crippen molar-refractivity contribution in [1.29, 1.82) is 0 Å². The third-order valence-corrected chi connectivity index (χ3v) is 2.60. The Kier molecular flexibility index (Phi) is 10.1. The Hall–Kier alpha value is -2.51.